The van der Waals surface area contributed by atoms with E-state index in [1.165, 1.54) is 0 Å². The molecule has 9 nitrogen and oxygen atoms in total. The number of carboxylic acid groups (broad SMARTS) is 3. The molecule has 0 aromatic heterocycles. The van der Waals surface area contributed by atoms with Crippen molar-refractivity contribution in [3.8, 4) is 0 Å². The van der Waals surface area contributed by atoms with Crippen molar-refractivity contribution in [3.63, 3.8) is 0 Å². The third-order valence-electron chi connectivity index (χ3n) is 2.69. The summed E-state index contributed by atoms with van der Waals surface area (Å²) in [6.45, 7) is -2.00. The topological polar surface area (TPSA) is 170 Å². The number of β-amino-alcohol motifs (C(OH)–C–C–N with tert-alkyl or cyclic N) is 1. The quantitative estimate of drug-likeness (QED) is 0.343. The number of hydrogen-bond donors (Lipinski definition) is 2. The van der Waals surface area contributed by atoms with Crippen LogP contribution in [0, 0.1) is 0 Å². The molecule has 0 saturated heterocycles. The molecule has 3 N–H and O–H groups in total. The minimum absolute atomic E-state index is 0. The summed E-state index contributed by atoms with van der Waals surface area (Å²) in [7, 11) is 0. The second-order valence-corrected chi connectivity index (χ2v) is 4.04. The first-order valence-electron chi connectivity index (χ1n) is 5.43. The predicted molar refractivity (Wildman–Crippen MR) is 54.7 cm³/mol. The van der Waals surface area contributed by atoms with Gasteiger partial charge in [0.2, 0.25) is 0 Å². The Morgan fingerprint density at radius 3 is 1.59 bits per heavy atom. The van der Waals surface area contributed by atoms with Crippen molar-refractivity contribution in [2.24, 2.45) is 5.73 Å². The van der Waals surface area contributed by atoms with Gasteiger partial charge in [-0.25, -0.2) is 0 Å². The van der Waals surface area contributed by atoms with E-state index in [4.69, 9.17) is 10.8 Å². The van der Waals surface area contributed by atoms with Gasteiger partial charge >= 0.3 is 154 Å². The van der Waals surface area contributed by atoms with Crippen molar-refractivity contribution in [3.05, 3.63) is 0 Å². The van der Waals surface area contributed by atoms with Crippen molar-refractivity contribution >= 4 is 17.9 Å². The summed E-state index contributed by atoms with van der Waals surface area (Å²) in [5, 5.41) is 40.9. The van der Waals surface area contributed by atoms with E-state index in [9.17, 15) is 29.7 Å². The maximum absolute atomic E-state index is 10.7. The minimum Gasteiger partial charge on any atom is -0.550 e. The maximum Gasteiger partial charge on any atom is 1.00 e. The Hall–Kier alpha value is 3.20. The van der Waals surface area contributed by atoms with E-state index < -0.39 is 56.0 Å². The van der Waals surface area contributed by atoms with Gasteiger partial charge in [-0.3, -0.25) is 4.90 Å². The van der Waals surface area contributed by atoms with Crippen LogP contribution in [0.3, 0.4) is 0 Å². The van der Waals surface area contributed by atoms with Gasteiger partial charge in [0.1, 0.15) is 0 Å². The second kappa shape index (κ2) is 17.6. The fourth-order valence-electron chi connectivity index (χ4n) is 1.86. The van der Waals surface area contributed by atoms with Gasteiger partial charge in [0.05, 0.1) is 12.6 Å². The van der Waals surface area contributed by atoms with Crippen LogP contribution in [0.1, 0.15) is 12.8 Å². The molecule has 0 rings (SSSR count). The fourth-order valence-corrected chi connectivity index (χ4v) is 1.86. The van der Waals surface area contributed by atoms with Crippen LogP contribution in [0.15, 0.2) is 0 Å². The molecule has 0 fully saturated rings. The van der Waals surface area contributed by atoms with Crippen LogP contribution in [0.25, 0.3) is 0 Å². The number of rotatable bonds is 10. The Morgan fingerprint density at radius 2 is 1.36 bits per heavy atom. The molecule has 0 aliphatic heterocycles. The number of hydrogen-bond acceptors (Lipinski definition) is 9. The van der Waals surface area contributed by atoms with Gasteiger partial charge in [-0.05, 0) is 0 Å². The van der Waals surface area contributed by atoms with Crippen LogP contribution >= 0.6 is 0 Å². The Kier molecular flexibility index (Phi) is 26.3. The van der Waals surface area contributed by atoms with Crippen LogP contribution in [0.4, 0.5) is 0 Å². The van der Waals surface area contributed by atoms with E-state index in [0.29, 0.717) is 0 Å². The summed E-state index contributed by atoms with van der Waals surface area (Å²) in [6, 6.07) is 0. The number of carbonyl (C=O) groups excluding carboxylic acids is 3. The number of aliphatic hydroxyl groups excluding tert-OH is 1. The van der Waals surface area contributed by atoms with Crippen molar-refractivity contribution < 1.29 is 189 Å². The average Bonchev–Trinajstić information content (AvgIpc) is 2.25. The second-order valence-electron chi connectivity index (χ2n) is 4.04. The fraction of sp³-hybridized carbons (Fsp3) is 0.700. The van der Waals surface area contributed by atoms with Crippen LogP contribution in [-0.2, 0) is 14.4 Å². The summed E-state index contributed by atoms with van der Waals surface area (Å²) in [6.07, 6.45) is -1.60. The first kappa shape index (κ1) is 32.8. The van der Waals surface area contributed by atoms with Gasteiger partial charge in [0.25, 0.3) is 0 Å². The zero-order chi connectivity index (χ0) is 15.1. The standard InChI is InChI=1S/C10H18N2O7.3K/c11-6-10(3-7(14)15,4-8(16)17)12(1-2-13)5-9(18)19;;;/h13H,1-6,11H2,(H,14,15)(H,16,17)(H,18,19);;;/q;3*+1/p-3. The molecule has 0 aromatic rings. The first-order chi connectivity index (χ1) is 8.77. The molecule has 22 heavy (non-hydrogen) atoms. The van der Waals surface area contributed by atoms with E-state index in [1.807, 2.05) is 0 Å². The molecule has 110 valence electrons. The van der Waals surface area contributed by atoms with Gasteiger partial charge in [-0.15, -0.1) is 0 Å². The molecule has 0 amide bonds. The van der Waals surface area contributed by atoms with Gasteiger partial charge < -0.3 is 40.5 Å². The van der Waals surface area contributed by atoms with Crippen LogP contribution in [0.2, 0.25) is 0 Å². The van der Waals surface area contributed by atoms with Crippen molar-refractivity contribution in [2.75, 3.05) is 26.2 Å². The van der Waals surface area contributed by atoms with Gasteiger partial charge in [-0.2, -0.15) is 0 Å². The molecular weight excluding hydrogens is 377 g/mol. The molecule has 0 radical (unpaired) electrons. The average molecular weight is 393 g/mol. The number of nitrogens with two attached hydrogens (primary N) is 1. The summed E-state index contributed by atoms with van der Waals surface area (Å²) in [4.78, 5) is 33.0. The molecule has 0 aliphatic rings. The zero-order valence-corrected chi connectivity index (χ0v) is 22.5. The summed E-state index contributed by atoms with van der Waals surface area (Å²) in [5.74, 6) is -4.73. The SMILES string of the molecule is NCC(CC(=O)[O-])(CC(=O)[O-])N(CCO)CC(=O)[O-].[K+].[K+].[K+]. The smallest absolute Gasteiger partial charge is 0.550 e. The van der Waals surface area contributed by atoms with E-state index in [-0.39, 0.29) is 161 Å². The number of nitrogens with zero attached hydrogens (tertiary/aromatic N) is 1. The van der Waals surface area contributed by atoms with Gasteiger partial charge in [0, 0.05) is 50.0 Å². The van der Waals surface area contributed by atoms with Gasteiger partial charge in [-0.1, -0.05) is 0 Å². The summed E-state index contributed by atoms with van der Waals surface area (Å²) < 4.78 is 0. The normalized spacial score (nSPS) is 9.95. The minimum atomic E-state index is -1.71. The predicted octanol–water partition coefficient (Wildman–Crippen LogP) is -15.0. The monoisotopic (exact) mass is 392 g/mol. The number of carboxylic acids is 3. The first-order valence-corrected chi connectivity index (χ1v) is 5.43. The summed E-state index contributed by atoms with van der Waals surface area (Å²) >= 11 is 0. The molecule has 0 bridgehead atoms. The molecule has 0 unspecified atom stereocenters. The Balaban J connectivity index is -0.000000540. The Labute approximate surface area is 256 Å². The third kappa shape index (κ3) is 13.4. The maximum atomic E-state index is 10.7. The number of aliphatic carboxylic acids is 3. The van der Waals surface area contributed by atoms with E-state index >= 15 is 0 Å². The Bertz CT molecular complexity index is 341. The summed E-state index contributed by atoms with van der Waals surface area (Å²) in [5.41, 5.74) is 3.68. The van der Waals surface area contributed by atoms with Gasteiger partial charge in [0.15, 0.2) is 0 Å². The molecule has 0 saturated carbocycles. The molecule has 0 spiro atoms. The molecule has 0 atom stereocenters. The molecule has 12 heteroatoms. The van der Waals surface area contributed by atoms with E-state index in [0.717, 1.165) is 4.90 Å². The van der Waals surface area contributed by atoms with Crippen LogP contribution in [-0.4, -0.2) is 59.7 Å². The third-order valence-corrected chi connectivity index (χ3v) is 2.69. The Morgan fingerprint density at radius 1 is 0.955 bits per heavy atom. The van der Waals surface area contributed by atoms with E-state index in [2.05, 4.69) is 0 Å². The van der Waals surface area contributed by atoms with Crippen molar-refractivity contribution in [2.45, 2.75) is 18.4 Å². The zero-order valence-electron chi connectivity index (χ0n) is 13.2. The van der Waals surface area contributed by atoms with Crippen LogP contribution < -0.4 is 175 Å². The number of aliphatic hydroxyl groups is 1. The van der Waals surface area contributed by atoms with Crippen LogP contribution in [0.5, 0.6) is 0 Å². The molecule has 0 aromatic carbocycles. The van der Waals surface area contributed by atoms with Crippen molar-refractivity contribution in [1.82, 2.24) is 4.90 Å². The molecule has 0 aliphatic carbocycles. The molecule has 0 heterocycles. The largest absolute Gasteiger partial charge is 1.00 e. The number of carbonyl (C=O) groups is 3. The van der Waals surface area contributed by atoms with E-state index in [1.54, 1.807) is 0 Å². The van der Waals surface area contributed by atoms with Crippen molar-refractivity contribution in [1.29, 1.82) is 0 Å². The molecular formula is C10H15K3N2O7.